The predicted octanol–water partition coefficient (Wildman–Crippen LogP) is 4.71. The molecule has 1 unspecified atom stereocenters. The first-order valence-electron chi connectivity index (χ1n) is 7.70. The highest BCUT2D eigenvalue weighted by Gasteiger charge is 2.14. The molecule has 0 fully saturated rings. The van der Waals surface area contributed by atoms with Gasteiger partial charge in [0, 0.05) is 23.3 Å². The number of amides is 1. The van der Waals surface area contributed by atoms with Gasteiger partial charge >= 0.3 is 0 Å². The van der Waals surface area contributed by atoms with Crippen molar-refractivity contribution in [2.45, 2.75) is 33.4 Å². The van der Waals surface area contributed by atoms with E-state index >= 15 is 0 Å². The Labute approximate surface area is 144 Å². The zero-order chi connectivity index (χ0) is 17.2. The van der Waals surface area contributed by atoms with E-state index in [9.17, 15) is 4.79 Å². The van der Waals surface area contributed by atoms with Gasteiger partial charge in [-0.05, 0) is 43.0 Å². The number of carbonyl (C=O) groups excluding carboxylic acids is 1. The average Bonchev–Trinajstić information content (AvgIpc) is 2.54. The number of nitrogens with one attached hydrogen (secondary N) is 2. The minimum Gasteiger partial charge on any atom is -0.328 e. The molecule has 0 heterocycles. The maximum Gasteiger partial charge on any atom is 0.211 e. The lowest BCUT2D eigenvalue weighted by Crippen LogP contribution is -2.32. The molecule has 4 heteroatoms. The van der Waals surface area contributed by atoms with Crippen molar-refractivity contribution in [2.75, 3.05) is 5.32 Å². The largest absolute Gasteiger partial charge is 0.328 e. The minimum atomic E-state index is 0.274. The van der Waals surface area contributed by atoms with E-state index in [2.05, 4.69) is 43.2 Å². The van der Waals surface area contributed by atoms with E-state index in [0.717, 1.165) is 11.3 Å². The normalized spacial score (nSPS) is 14.5. The predicted molar refractivity (Wildman–Crippen MR) is 99.7 cm³/mol. The van der Waals surface area contributed by atoms with Crippen LogP contribution in [-0.2, 0) is 11.3 Å². The number of halogens is 1. The van der Waals surface area contributed by atoms with Crippen LogP contribution < -0.4 is 10.6 Å². The molecule has 0 radical (unpaired) electrons. The first kappa shape index (κ1) is 19.2. The fourth-order valence-corrected chi connectivity index (χ4v) is 2.50. The van der Waals surface area contributed by atoms with Crippen LogP contribution in [0, 0.1) is 5.92 Å². The molecule has 1 aromatic carbocycles. The third-order valence-corrected chi connectivity index (χ3v) is 4.17. The summed E-state index contributed by atoms with van der Waals surface area (Å²) in [6, 6.07) is 5.78. The van der Waals surface area contributed by atoms with Crippen LogP contribution in [0.1, 0.15) is 26.3 Å². The van der Waals surface area contributed by atoms with Crippen LogP contribution in [-0.4, -0.2) is 12.5 Å². The summed E-state index contributed by atoms with van der Waals surface area (Å²) < 4.78 is 0. The van der Waals surface area contributed by atoms with Crippen molar-refractivity contribution in [3.05, 3.63) is 65.2 Å². The first-order valence-corrected chi connectivity index (χ1v) is 8.08. The number of anilines is 1. The van der Waals surface area contributed by atoms with Crippen molar-refractivity contribution < 1.29 is 4.79 Å². The van der Waals surface area contributed by atoms with E-state index in [0.29, 0.717) is 23.9 Å². The molecule has 0 saturated heterocycles. The zero-order valence-corrected chi connectivity index (χ0v) is 14.7. The first-order chi connectivity index (χ1) is 11.0. The maximum absolute atomic E-state index is 10.7. The van der Waals surface area contributed by atoms with Crippen molar-refractivity contribution in [3.8, 4) is 0 Å². The third-order valence-electron chi connectivity index (χ3n) is 3.93. The van der Waals surface area contributed by atoms with Crippen molar-refractivity contribution in [1.82, 2.24) is 5.32 Å². The zero-order valence-electron chi connectivity index (χ0n) is 14.0. The van der Waals surface area contributed by atoms with Gasteiger partial charge < -0.3 is 10.6 Å². The summed E-state index contributed by atoms with van der Waals surface area (Å²) >= 11 is 5.98. The van der Waals surface area contributed by atoms with Crippen LogP contribution in [0.2, 0.25) is 5.02 Å². The van der Waals surface area contributed by atoms with Gasteiger partial charge in [-0.1, -0.05) is 55.5 Å². The standard InChI is InChI=1S/C19H25ClN2O/c1-5-7-8-16(6-2)14(3)15(4)21-12-17-9-10-18(20)11-19(17)22-13-23/h5-11,13-15,21H,1,12H2,2-4H3,(H,22,23)/b8-7-,16-6+/t14?,15-/m0/s1. The topological polar surface area (TPSA) is 41.1 Å². The summed E-state index contributed by atoms with van der Waals surface area (Å²) in [6.45, 7) is 10.7. The fraction of sp³-hybridized carbons (Fsp3) is 0.316. The summed E-state index contributed by atoms with van der Waals surface area (Å²) in [6.07, 6.45) is 8.59. The van der Waals surface area contributed by atoms with Gasteiger partial charge in [0.15, 0.2) is 0 Å². The highest BCUT2D eigenvalue weighted by molar-refractivity contribution is 6.30. The number of benzene rings is 1. The van der Waals surface area contributed by atoms with E-state index in [1.807, 2.05) is 25.1 Å². The number of carbonyl (C=O) groups is 1. The van der Waals surface area contributed by atoms with Crippen molar-refractivity contribution in [3.63, 3.8) is 0 Å². The molecule has 124 valence electrons. The minimum absolute atomic E-state index is 0.274. The lowest BCUT2D eigenvalue weighted by atomic mass is 9.93. The lowest BCUT2D eigenvalue weighted by Gasteiger charge is -2.23. The Bertz CT molecular complexity index is 593. The third kappa shape index (κ3) is 6.05. The summed E-state index contributed by atoms with van der Waals surface area (Å²) in [5.74, 6) is 0.353. The van der Waals surface area contributed by atoms with Gasteiger partial charge in [-0.3, -0.25) is 4.79 Å². The second-order valence-corrected chi connectivity index (χ2v) is 5.84. The van der Waals surface area contributed by atoms with Crippen LogP contribution in [0.5, 0.6) is 0 Å². The summed E-state index contributed by atoms with van der Waals surface area (Å²) in [4.78, 5) is 10.7. The number of allylic oxidation sites excluding steroid dienone is 4. The highest BCUT2D eigenvalue weighted by atomic mass is 35.5. The van der Waals surface area contributed by atoms with Gasteiger partial charge in [0.05, 0.1) is 0 Å². The SMILES string of the molecule is C=C/C=C\C(=C/C)C(C)[C@H](C)NCc1ccc(Cl)cc1NC=O. The molecule has 1 amide bonds. The van der Waals surface area contributed by atoms with E-state index in [1.54, 1.807) is 12.1 Å². The van der Waals surface area contributed by atoms with Crippen LogP contribution in [0.25, 0.3) is 0 Å². The molecule has 0 aromatic heterocycles. The molecular formula is C19H25ClN2O. The molecule has 0 aliphatic carbocycles. The quantitative estimate of drug-likeness (QED) is 0.508. The molecule has 2 atom stereocenters. The molecule has 0 aliphatic heterocycles. The lowest BCUT2D eigenvalue weighted by molar-refractivity contribution is -0.105. The molecule has 2 N–H and O–H groups in total. The average molecular weight is 333 g/mol. The second-order valence-electron chi connectivity index (χ2n) is 5.41. The van der Waals surface area contributed by atoms with Gasteiger partial charge in [0.25, 0.3) is 0 Å². The van der Waals surface area contributed by atoms with Gasteiger partial charge in [-0.15, -0.1) is 0 Å². The molecule has 0 aliphatic rings. The van der Waals surface area contributed by atoms with Crippen molar-refractivity contribution >= 4 is 23.7 Å². The Morgan fingerprint density at radius 2 is 2.13 bits per heavy atom. The molecule has 0 bridgehead atoms. The van der Waals surface area contributed by atoms with E-state index in [1.165, 1.54) is 5.57 Å². The van der Waals surface area contributed by atoms with Crippen LogP contribution >= 0.6 is 11.6 Å². The molecule has 3 nitrogen and oxygen atoms in total. The molecular weight excluding hydrogens is 308 g/mol. The fourth-order valence-electron chi connectivity index (χ4n) is 2.33. The smallest absolute Gasteiger partial charge is 0.211 e. The highest BCUT2D eigenvalue weighted by Crippen LogP contribution is 2.22. The van der Waals surface area contributed by atoms with E-state index < -0.39 is 0 Å². The molecule has 1 rings (SSSR count). The van der Waals surface area contributed by atoms with Crippen molar-refractivity contribution in [1.29, 1.82) is 0 Å². The number of rotatable bonds is 9. The van der Waals surface area contributed by atoms with Gasteiger partial charge in [-0.25, -0.2) is 0 Å². The maximum atomic E-state index is 10.7. The van der Waals surface area contributed by atoms with Gasteiger partial charge in [0.1, 0.15) is 0 Å². The van der Waals surface area contributed by atoms with Gasteiger partial charge in [-0.2, -0.15) is 0 Å². The van der Waals surface area contributed by atoms with E-state index in [4.69, 9.17) is 11.6 Å². The summed E-state index contributed by atoms with van der Waals surface area (Å²) in [7, 11) is 0. The monoisotopic (exact) mass is 332 g/mol. The Hall–Kier alpha value is -1.84. The van der Waals surface area contributed by atoms with Crippen LogP contribution in [0.15, 0.2) is 54.7 Å². The Morgan fingerprint density at radius 1 is 1.39 bits per heavy atom. The Balaban J connectivity index is 2.75. The summed E-state index contributed by atoms with van der Waals surface area (Å²) in [5.41, 5.74) is 2.99. The molecule has 0 saturated carbocycles. The van der Waals surface area contributed by atoms with Gasteiger partial charge in [0.2, 0.25) is 6.41 Å². The van der Waals surface area contributed by atoms with Crippen molar-refractivity contribution in [2.24, 2.45) is 5.92 Å². The second kappa shape index (κ2) is 10.0. The molecule has 23 heavy (non-hydrogen) atoms. The van der Waals surface area contributed by atoms with E-state index in [-0.39, 0.29) is 6.04 Å². The Morgan fingerprint density at radius 3 is 2.74 bits per heavy atom. The summed E-state index contributed by atoms with van der Waals surface area (Å²) in [5, 5.41) is 6.80. The van der Waals surface area contributed by atoms with Crippen LogP contribution in [0.3, 0.4) is 0 Å². The van der Waals surface area contributed by atoms with Crippen LogP contribution in [0.4, 0.5) is 5.69 Å². The number of hydrogen-bond acceptors (Lipinski definition) is 2. The number of hydrogen-bond donors (Lipinski definition) is 2. The molecule has 1 aromatic rings. The molecule has 0 spiro atoms. The Kier molecular flexibility index (Phi) is 8.38.